The number of halogens is 4. The Morgan fingerprint density at radius 3 is 2.56 bits per heavy atom. The molecule has 4 nitrogen and oxygen atoms in total. The lowest BCUT2D eigenvalue weighted by Gasteiger charge is -2.49. The summed E-state index contributed by atoms with van der Waals surface area (Å²) in [4.78, 5) is 1.92. The minimum Gasteiger partial charge on any atom is -0.412 e. The van der Waals surface area contributed by atoms with E-state index >= 15 is 13.2 Å². The molecule has 0 radical (unpaired) electrons. The van der Waals surface area contributed by atoms with Crippen molar-refractivity contribution >= 4 is 50.3 Å². The maximum absolute atomic E-state index is 16.6. The Bertz CT molecular complexity index is 1470. The molecule has 0 fully saturated rings. The van der Waals surface area contributed by atoms with Crippen LogP contribution in [0.4, 0.5) is 13.2 Å². The Hall–Kier alpha value is -1.77. The predicted molar refractivity (Wildman–Crippen MR) is 170 cm³/mol. The molecule has 0 saturated heterocycles. The molecule has 0 saturated carbocycles. The van der Waals surface area contributed by atoms with Crippen LogP contribution in [0.1, 0.15) is 51.8 Å². The molecule has 1 aliphatic heterocycles. The molecule has 220 valence electrons. The molecule has 7 atom stereocenters. The Morgan fingerprint density at radius 1 is 1.20 bits per heavy atom. The fourth-order valence-corrected chi connectivity index (χ4v) is 10.4. The first-order valence-corrected chi connectivity index (χ1v) is 17.0. The summed E-state index contributed by atoms with van der Waals surface area (Å²) in [6.07, 6.45) is 5.06. The van der Waals surface area contributed by atoms with Crippen LogP contribution in [0.5, 0.6) is 0 Å². The average Bonchev–Trinajstić information content (AvgIpc) is 3.34. The number of fused-ring (bicyclic) bond motifs is 3. The summed E-state index contributed by atoms with van der Waals surface area (Å²) < 4.78 is 55.5. The summed E-state index contributed by atoms with van der Waals surface area (Å²) in [5, 5.41) is 9.10. The van der Waals surface area contributed by atoms with Gasteiger partial charge in [0.25, 0.3) is 0 Å². The number of benzene rings is 2. The highest BCUT2D eigenvalue weighted by molar-refractivity contribution is 9.11. The lowest BCUT2D eigenvalue weighted by atomic mass is 9.74. The number of rotatable bonds is 7. The first-order valence-electron chi connectivity index (χ1n) is 13.9. The van der Waals surface area contributed by atoms with E-state index in [-0.39, 0.29) is 24.0 Å². The molecule has 41 heavy (non-hydrogen) atoms. The van der Waals surface area contributed by atoms with Crippen molar-refractivity contribution in [3.8, 4) is 0 Å². The summed E-state index contributed by atoms with van der Waals surface area (Å²) in [5.74, 6) is -1.99. The highest BCUT2D eigenvalue weighted by atomic mass is 79.9. The van der Waals surface area contributed by atoms with Crippen LogP contribution in [0.15, 0.2) is 71.1 Å². The maximum Gasteiger partial charge on any atom is 0.213 e. The number of H-pyrrole nitrogens is 1. The van der Waals surface area contributed by atoms with E-state index in [4.69, 9.17) is 4.43 Å². The van der Waals surface area contributed by atoms with Crippen LogP contribution in [-0.4, -0.2) is 54.4 Å². The molecule has 1 N–H and O–H groups in total. The quantitative estimate of drug-likeness (QED) is 0.213. The Morgan fingerprint density at radius 2 is 1.90 bits per heavy atom. The van der Waals surface area contributed by atoms with Crippen molar-refractivity contribution in [2.24, 2.45) is 5.92 Å². The standard InChI is InChI=1S/C31H38BrF3N3OPSi/c1-29(2,3)41(20-9-7-6-8-10-20)39-18-30(4,34)17-38-26(40)14-22-21(11-12-25-23(22)16-36-37-25)28(38)27-24(33)13-19(32)15-31(27,5)35/h6-13,15-16,26-28,41H,14,17-18,40H2,1-5H3,(H,36,37)/t26-,27?,28+,30?,31?,41?/m1/s1. The third kappa shape index (κ3) is 6.30. The number of allylic oxidation sites excluding steroid dienone is 3. The number of aromatic nitrogens is 2. The van der Waals surface area contributed by atoms with Gasteiger partial charge in [0.05, 0.1) is 24.2 Å². The van der Waals surface area contributed by atoms with Crippen LogP contribution >= 0.6 is 25.2 Å². The van der Waals surface area contributed by atoms with Gasteiger partial charge in [-0.2, -0.15) is 5.10 Å². The molecule has 1 aromatic heterocycles. The van der Waals surface area contributed by atoms with Gasteiger partial charge in [0, 0.05) is 28.2 Å². The van der Waals surface area contributed by atoms with Gasteiger partial charge in [-0.05, 0) is 59.8 Å². The van der Waals surface area contributed by atoms with Gasteiger partial charge in [0.2, 0.25) is 9.04 Å². The van der Waals surface area contributed by atoms with E-state index in [9.17, 15) is 0 Å². The zero-order chi connectivity index (χ0) is 29.7. The van der Waals surface area contributed by atoms with Gasteiger partial charge in [-0.15, -0.1) is 9.24 Å². The molecule has 0 bridgehead atoms. The molecule has 10 heteroatoms. The van der Waals surface area contributed by atoms with Gasteiger partial charge in [-0.3, -0.25) is 10.00 Å². The molecule has 2 aliphatic rings. The summed E-state index contributed by atoms with van der Waals surface area (Å²) in [6.45, 7) is 9.17. The zero-order valence-corrected chi connectivity index (χ0v) is 28.0. The lowest BCUT2D eigenvalue weighted by molar-refractivity contribution is -0.00718. The van der Waals surface area contributed by atoms with E-state index in [1.54, 1.807) is 6.20 Å². The van der Waals surface area contributed by atoms with E-state index in [1.807, 2.05) is 35.2 Å². The van der Waals surface area contributed by atoms with Gasteiger partial charge < -0.3 is 4.43 Å². The SMILES string of the molecule is CC(F)(CO[SiH](c1ccccc1)C(C)(C)C)CN1[C@H](P)Cc2c(ccc3[nH]ncc23)[C@H]1C1C(F)=CC(Br)=CC1(C)F. The predicted octanol–water partition coefficient (Wildman–Crippen LogP) is 7.33. The van der Waals surface area contributed by atoms with Crippen molar-refractivity contribution in [3.05, 3.63) is 82.2 Å². The third-order valence-electron chi connectivity index (χ3n) is 8.16. The molecule has 5 rings (SSSR count). The zero-order valence-electron chi connectivity index (χ0n) is 24.1. The summed E-state index contributed by atoms with van der Waals surface area (Å²) in [7, 11) is 0.771. The second-order valence-electron chi connectivity index (χ2n) is 12.9. The van der Waals surface area contributed by atoms with Crippen molar-refractivity contribution in [1.29, 1.82) is 0 Å². The number of hydrogen-bond acceptors (Lipinski definition) is 3. The minimum absolute atomic E-state index is 0.0422. The third-order valence-corrected chi connectivity index (χ3v) is 12.3. The number of aromatic amines is 1. The first kappa shape index (κ1) is 30.7. The van der Waals surface area contributed by atoms with E-state index < -0.39 is 38.2 Å². The number of nitrogens with zero attached hydrogens (tertiary/aromatic N) is 2. The van der Waals surface area contributed by atoms with Crippen molar-refractivity contribution in [1.82, 2.24) is 15.1 Å². The second kappa shape index (κ2) is 11.4. The first-order chi connectivity index (χ1) is 19.2. The van der Waals surface area contributed by atoms with Crippen LogP contribution < -0.4 is 5.19 Å². The van der Waals surface area contributed by atoms with E-state index in [1.165, 1.54) is 26.0 Å². The van der Waals surface area contributed by atoms with Crippen LogP contribution in [0, 0.1) is 5.92 Å². The van der Waals surface area contributed by atoms with Gasteiger partial charge in [-0.25, -0.2) is 13.2 Å². The van der Waals surface area contributed by atoms with Crippen LogP contribution in [0.25, 0.3) is 10.9 Å². The maximum atomic E-state index is 16.6. The number of alkyl halides is 2. The molecular formula is C31H38BrF3N3OPSi. The fourth-order valence-electron chi connectivity index (χ4n) is 6.40. The monoisotopic (exact) mass is 663 g/mol. The molecule has 0 amide bonds. The average molecular weight is 665 g/mol. The van der Waals surface area contributed by atoms with E-state index in [2.05, 4.69) is 68.3 Å². The van der Waals surface area contributed by atoms with Crippen LogP contribution in [-0.2, 0) is 10.8 Å². The number of nitrogens with one attached hydrogen (secondary N) is 1. The smallest absolute Gasteiger partial charge is 0.213 e. The molecule has 2 aromatic carbocycles. The highest BCUT2D eigenvalue weighted by Crippen LogP contribution is 2.52. The Balaban J connectivity index is 1.50. The van der Waals surface area contributed by atoms with E-state index in [0.29, 0.717) is 10.9 Å². The summed E-state index contributed by atoms with van der Waals surface area (Å²) in [6, 6.07) is 13.1. The minimum atomic E-state index is -2.03. The van der Waals surface area contributed by atoms with Crippen molar-refractivity contribution in [2.75, 3.05) is 13.2 Å². The number of hydrogen-bond donors (Lipinski definition) is 1. The van der Waals surface area contributed by atoms with Crippen molar-refractivity contribution in [2.45, 2.75) is 69.2 Å². The van der Waals surface area contributed by atoms with Crippen LogP contribution in [0.3, 0.4) is 0 Å². The van der Waals surface area contributed by atoms with E-state index in [0.717, 1.165) is 27.2 Å². The summed E-state index contributed by atoms with van der Waals surface area (Å²) in [5.41, 5.74) is -1.14. The topological polar surface area (TPSA) is 41.1 Å². The highest BCUT2D eigenvalue weighted by Gasteiger charge is 2.51. The van der Waals surface area contributed by atoms with Crippen molar-refractivity contribution in [3.63, 3.8) is 0 Å². The molecular weight excluding hydrogens is 626 g/mol. The largest absolute Gasteiger partial charge is 0.412 e. The molecule has 3 aromatic rings. The van der Waals surface area contributed by atoms with Gasteiger partial charge in [0.15, 0.2) is 0 Å². The molecule has 0 spiro atoms. The second-order valence-corrected chi connectivity index (χ2v) is 18.1. The molecule has 5 unspecified atom stereocenters. The normalized spacial score (nSPS) is 27.6. The lowest BCUT2D eigenvalue weighted by Crippen LogP contribution is -2.54. The Kier molecular flexibility index (Phi) is 8.52. The van der Waals surface area contributed by atoms with Gasteiger partial charge in [-0.1, -0.05) is 73.1 Å². The van der Waals surface area contributed by atoms with Crippen molar-refractivity contribution < 1.29 is 17.6 Å². The van der Waals surface area contributed by atoms with Gasteiger partial charge >= 0.3 is 0 Å². The fraction of sp³-hybridized carbons (Fsp3) is 0.452. The molecule has 1 aliphatic carbocycles. The van der Waals surface area contributed by atoms with Crippen LogP contribution in [0.2, 0.25) is 5.04 Å². The summed E-state index contributed by atoms with van der Waals surface area (Å²) >= 11 is 3.26. The Labute approximate surface area is 252 Å². The molecule has 2 heterocycles. The van der Waals surface area contributed by atoms with Gasteiger partial charge in [0.1, 0.15) is 17.2 Å².